The van der Waals surface area contributed by atoms with Gasteiger partial charge in [0.15, 0.2) is 5.69 Å². The second kappa shape index (κ2) is 5.54. The summed E-state index contributed by atoms with van der Waals surface area (Å²) in [4.78, 5) is 14.7. The zero-order valence-corrected chi connectivity index (χ0v) is 12.3. The Morgan fingerprint density at radius 1 is 1.13 bits per heavy atom. The molecule has 112 valence electrons. The van der Waals surface area contributed by atoms with Crippen molar-refractivity contribution in [3.63, 3.8) is 0 Å². The van der Waals surface area contributed by atoms with Gasteiger partial charge in [-0.1, -0.05) is 30.3 Å². The molecule has 0 radical (unpaired) electrons. The third-order valence-corrected chi connectivity index (χ3v) is 3.84. The van der Waals surface area contributed by atoms with E-state index in [0.717, 1.165) is 5.39 Å². The molecule has 3 aromatic rings. The second-order valence-corrected chi connectivity index (χ2v) is 5.24. The van der Waals surface area contributed by atoms with Gasteiger partial charge in [-0.2, -0.15) is 0 Å². The summed E-state index contributed by atoms with van der Waals surface area (Å²) in [7, 11) is 0. The third-order valence-electron chi connectivity index (χ3n) is 3.84. The number of halogens is 1. The first-order chi connectivity index (χ1) is 11.0. The van der Waals surface area contributed by atoms with Gasteiger partial charge in [-0.25, -0.2) is 14.0 Å². The van der Waals surface area contributed by atoms with Crippen LogP contribution in [0.4, 0.5) is 10.1 Å². The van der Waals surface area contributed by atoms with Crippen LogP contribution in [0.15, 0.2) is 48.5 Å². The van der Waals surface area contributed by atoms with Crippen LogP contribution in [0.2, 0.25) is 0 Å². The molecule has 1 N–H and O–H groups in total. The van der Waals surface area contributed by atoms with Gasteiger partial charge in [0.1, 0.15) is 5.82 Å². The Morgan fingerprint density at radius 3 is 2.52 bits per heavy atom. The zero-order chi connectivity index (χ0) is 16.6. The Bertz CT molecular complexity index is 966. The first-order valence-electron chi connectivity index (χ1n) is 6.96. The molecule has 0 spiro atoms. The third kappa shape index (κ3) is 2.43. The van der Waals surface area contributed by atoms with Crippen LogP contribution in [0.3, 0.4) is 0 Å². The summed E-state index contributed by atoms with van der Waals surface area (Å²) in [5, 5.41) is 10.5. The summed E-state index contributed by atoms with van der Waals surface area (Å²) in [6.07, 6.45) is 0. The molecular formula is C19H12FNO2. The highest BCUT2D eigenvalue weighted by Crippen LogP contribution is 2.40. The van der Waals surface area contributed by atoms with Crippen molar-refractivity contribution in [2.45, 2.75) is 6.92 Å². The molecule has 3 rings (SSSR count). The number of benzene rings is 3. The van der Waals surface area contributed by atoms with E-state index in [4.69, 9.17) is 6.57 Å². The highest BCUT2D eigenvalue weighted by Gasteiger charge is 2.17. The van der Waals surface area contributed by atoms with Crippen LogP contribution in [0.5, 0.6) is 0 Å². The number of carboxylic acid groups (broad SMARTS) is 1. The fourth-order valence-electron chi connectivity index (χ4n) is 2.75. The average Bonchev–Trinajstić information content (AvgIpc) is 2.54. The van der Waals surface area contributed by atoms with Gasteiger partial charge in [0.2, 0.25) is 0 Å². The molecule has 0 saturated heterocycles. The molecule has 0 unspecified atom stereocenters. The molecule has 0 aliphatic rings. The van der Waals surface area contributed by atoms with Gasteiger partial charge in [0.05, 0.1) is 12.1 Å². The molecule has 0 amide bonds. The van der Waals surface area contributed by atoms with E-state index < -0.39 is 11.8 Å². The smallest absolute Gasteiger partial charge is 0.335 e. The maximum Gasteiger partial charge on any atom is 0.335 e. The summed E-state index contributed by atoms with van der Waals surface area (Å²) in [6.45, 7) is 9.14. The SMILES string of the molecule is [C-]#[N+]c1ccc2ccc(C(=O)O)cc2c1-c1c(C)cccc1F. The summed E-state index contributed by atoms with van der Waals surface area (Å²) < 4.78 is 14.4. The lowest BCUT2D eigenvalue weighted by Gasteiger charge is -2.13. The minimum atomic E-state index is -1.06. The highest BCUT2D eigenvalue weighted by molar-refractivity contribution is 6.06. The fourth-order valence-corrected chi connectivity index (χ4v) is 2.75. The van der Waals surface area contributed by atoms with Crippen molar-refractivity contribution in [3.05, 3.63) is 76.9 Å². The van der Waals surface area contributed by atoms with Gasteiger partial charge in [0.25, 0.3) is 0 Å². The van der Waals surface area contributed by atoms with Crippen LogP contribution in [0.25, 0.3) is 26.7 Å². The molecule has 4 heteroatoms. The number of carbonyl (C=O) groups is 1. The van der Waals surface area contributed by atoms with Crippen molar-refractivity contribution >= 4 is 22.4 Å². The topological polar surface area (TPSA) is 41.7 Å². The van der Waals surface area contributed by atoms with Gasteiger partial charge in [0, 0.05) is 5.56 Å². The van der Waals surface area contributed by atoms with Crippen molar-refractivity contribution in [2.75, 3.05) is 0 Å². The zero-order valence-electron chi connectivity index (χ0n) is 12.3. The van der Waals surface area contributed by atoms with Gasteiger partial charge in [-0.05, 0) is 47.0 Å². The van der Waals surface area contributed by atoms with E-state index in [1.807, 2.05) is 0 Å². The number of fused-ring (bicyclic) bond motifs is 1. The highest BCUT2D eigenvalue weighted by atomic mass is 19.1. The van der Waals surface area contributed by atoms with Crippen molar-refractivity contribution in [1.29, 1.82) is 0 Å². The number of nitrogens with zero attached hydrogens (tertiary/aromatic N) is 1. The average molecular weight is 305 g/mol. The number of carboxylic acids is 1. The standard InChI is InChI=1S/C19H12FNO2/c1-11-4-3-5-15(20)17(11)18-14-10-13(19(22)23)7-6-12(14)8-9-16(18)21-2/h3-10H,1H3,(H,22,23). The van der Waals surface area contributed by atoms with Gasteiger partial charge in [-0.15, -0.1) is 0 Å². The quantitative estimate of drug-likeness (QED) is 0.661. The molecular weight excluding hydrogens is 293 g/mol. The van der Waals surface area contributed by atoms with Crippen LogP contribution < -0.4 is 0 Å². The second-order valence-electron chi connectivity index (χ2n) is 5.24. The Hall–Kier alpha value is -3.19. The molecule has 0 saturated carbocycles. The molecule has 3 aromatic carbocycles. The van der Waals surface area contributed by atoms with Gasteiger partial charge < -0.3 is 5.11 Å². The normalized spacial score (nSPS) is 10.5. The van der Waals surface area contributed by atoms with E-state index in [2.05, 4.69) is 4.85 Å². The van der Waals surface area contributed by atoms with Crippen molar-refractivity contribution in [1.82, 2.24) is 0 Å². The van der Waals surface area contributed by atoms with E-state index in [-0.39, 0.29) is 5.56 Å². The lowest BCUT2D eigenvalue weighted by Crippen LogP contribution is -1.97. The van der Waals surface area contributed by atoms with E-state index in [0.29, 0.717) is 27.8 Å². The first-order valence-corrected chi connectivity index (χ1v) is 6.96. The van der Waals surface area contributed by atoms with Crippen LogP contribution >= 0.6 is 0 Å². The number of rotatable bonds is 2. The molecule has 0 bridgehead atoms. The van der Waals surface area contributed by atoms with Crippen molar-refractivity contribution in [2.24, 2.45) is 0 Å². The van der Waals surface area contributed by atoms with Gasteiger partial charge in [-0.3, -0.25) is 0 Å². The lowest BCUT2D eigenvalue weighted by atomic mass is 9.92. The van der Waals surface area contributed by atoms with E-state index in [9.17, 15) is 14.3 Å². The first kappa shape index (κ1) is 14.7. The Balaban J connectivity index is 2.49. The monoisotopic (exact) mass is 305 g/mol. The number of aryl methyl sites for hydroxylation is 1. The van der Waals surface area contributed by atoms with Crippen molar-refractivity contribution < 1.29 is 14.3 Å². The molecule has 0 heterocycles. The minimum Gasteiger partial charge on any atom is -0.478 e. The summed E-state index contributed by atoms with van der Waals surface area (Å²) in [6, 6.07) is 12.8. The molecule has 0 aliphatic carbocycles. The van der Waals surface area contributed by atoms with Gasteiger partial charge >= 0.3 is 5.97 Å². The fraction of sp³-hybridized carbons (Fsp3) is 0.0526. The Morgan fingerprint density at radius 2 is 1.87 bits per heavy atom. The van der Waals surface area contributed by atoms with E-state index in [1.54, 1.807) is 37.3 Å². The summed E-state index contributed by atoms with van der Waals surface area (Å²) in [5.74, 6) is -1.49. The van der Waals surface area contributed by atoms with Crippen LogP contribution in [0, 0.1) is 19.3 Å². The van der Waals surface area contributed by atoms with Crippen LogP contribution in [-0.4, -0.2) is 11.1 Å². The van der Waals surface area contributed by atoms with E-state index >= 15 is 0 Å². The minimum absolute atomic E-state index is 0.106. The maximum absolute atomic E-state index is 14.4. The summed E-state index contributed by atoms with van der Waals surface area (Å²) in [5.41, 5.74) is 1.88. The predicted octanol–water partition coefficient (Wildman–Crippen LogP) is 5.20. The largest absolute Gasteiger partial charge is 0.478 e. The molecule has 3 nitrogen and oxygen atoms in total. The van der Waals surface area contributed by atoms with Crippen LogP contribution in [0.1, 0.15) is 15.9 Å². The number of aromatic carboxylic acids is 1. The predicted molar refractivity (Wildman–Crippen MR) is 87.3 cm³/mol. The number of hydrogen-bond acceptors (Lipinski definition) is 1. The Kier molecular flexibility index (Phi) is 3.55. The summed E-state index contributed by atoms with van der Waals surface area (Å²) >= 11 is 0. The molecule has 0 fully saturated rings. The molecule has 0 aromatic heterocycles. The maximum atomic E-state index is 14.4. The number of hydrogen-bond donors (Lipinski definition) is 1. The van der Waals surface area contributed by atoms with Crippen LogP contribution in [-0.2, 0) is 0 Å². The Labute approximate surface area is 132 Å². The molecule has 0 aliphatic heterocycles. The molecule has 0 atom stereocenters. The van der Waals surface area contributed by atoms with Crippen molar-refractivity contribution in [3.8, 4) is 11.1 Å². The van der Waals surface area contributed by atoms with E-state index in [1.165, 1.54) is 18.2 Å². The lowest BCUT2D eigenvalue weighted by molar-refractivity contribution is 0.0697. The molecule has 23 heavy (non-hydrogen) atoms.